The van der Waals surface area contributed by atoms with Gasteiger partial charge in [-0.3, -0.25) is 9.59 Å². The maximum absolute atomic E-state index is 12.7. The first-order valence-electron chi connectivity index (χ1n) is 8.18. The number of hydrogen-bond acceptors (Lipinski definition) is 2. The van der Waals surface area contributed by atoms with Crippen LogP contribution < -0.4 is 5.32 Å². The molecular weight excluding hydrogens is 252 g/mol. The van der Waals surface area contributed by atoms with Crippen molar-refractivity contribution in [1.29, 1.82) is 0 Å². The van der Waals surface area contributed by atoms with Crippen molar-refractivity contribution >= 4 is 11.8 Å². The molecule has 2 saturated carbocycles. The first-order valence-corrected chi connectivity index (χ1v) is 8.18. The Morgan fingerprint density at radius 2 is 1.80 bits per heavy atom. The van der Waals surface area contributed by atoms with E-state index in [0.29, 0.717) is 17.8 Å². The fraction of sp³-hybridized carbons (Fsp3) is 0.875. The predicted octanol–water partition coefficient (Wildman–Crippen LogP) is 1.94. The van der Waals surface area contributed by atoms with Crippen LogP contribution in [-0.2, 0) is 9.59 Å². The molecule has 1 saturated heterocycles. The molecule has 0 spiro atoms. The van der Waals surface area contributed by atoms with Crippen molar-refractivity contribution in [2.24, 2.45) is 17.8 Å². The average molecular weight is 278 g/mol. The molecular formula is C16H26N2O2. The van der Waals surface area contributed by atoms with Crippen molar-refractivity contribution < 1.29 is 9.59 Å². The van der Waals surface area contributed by atoms with E-state index in [1.807, 2.05) is 11.8 Å². The highest BCUT2D eigenvalue weighted by Crippen LogP contribution is 2.36. The summed E-state index contributed by atoms with van der Waals surface area (Å²) in [6.45, 7) is 4.93. The number of rotatable bonds is 3. The summed E-state index contributed by atoms with van der Waals surface area (Å²) in [5, 5.41) is 2.93. The van der Waals surface area contributed by atoms with E-state index < -0.39 is 0 Å². The molecule has 4 nitrogen and oxygen atoms in total. The zero-order chi connectivity index (χ0) is 14.3. The molecule has 4 unspecified atom stereocenters. The van der Waals surface area contributed by atoms with Gasteiger partial charge in [0.25, 0.3) is 0 Å². The monoisotopic (exact) mass is 278 g/mol. The second-order valence-electron chi connectivity index (χ2n) is 7.01. The topological polar surface area (TPSA) is 49.4 Å². The van der Waals surface area contributed by atoms with Crippen molar-refractivity contribution in [3.63, 3.8) is 0 Å². The van der Waals surface area contributed by atoms with Gasteiger partial charge < -0.3 is 10.2 Å². The highest BCUT2D eigenvalue weighted by atomic mass is 16.2. The van der Waals surface area contributed by atoms with Gasteiger partial charge in [0.05, 0.1) is 0 Å². The summed E-state index contributed by atoms with van der Waals surface area (Å²) in [4.78, 5) is 26.6. The van der Waals surface area contributed by atoms with E-state index in [9.17, 15) is 9.59 Å². The highest BCUT2D eigenvalue weighted by molar-refractivity contribution is 5.97. The summed E-state index contributed by atoms with van der Waals surface area (Å²) in [6.07, 6.45) is 7.21. The van der Waals surface area contributed by atoms with E-state index in [4.69, 9.17) is 0 Å². The Morgan fingerprint density at radius 3 is 2.45 bits per heavy atom. The largest absolute Gasteiger partial charge is 0.342 e. The maximum atomic E-state index is 12.7. The summed E-state index contributed by atoms with van der Waals surface area (Å²) < 4.78 is 0. The van der Waals surface area contributed by atoms with Gasteiger partial charge in [0.1, 0.15) is 12.1 Å². The zero-order valence-electron chi connectivity index (χ0n) is 12.6. The first-order chi connectivity index (χ1) is 9.58. The van der Waals surface area contributed by atoms with Crippen LogP contribution >= 0.6 is 0 Å². The third-order valence-corrected chi connectivity index (χ3v) is 5.51. The zero-order valence-corrected chi connectivity index (χ0v) is 12.6. The van der Waals surface area contributed by atoms with E-state index in [-0.39, 0.29) is 23.9 Å². The van der Waals surface area contributed by atoms with Gasteiger partial charge in [-0.15, -0.1) is 0 Å². The van der Waals surface area contributed by atoms with E-state index in [2.05, 4.69) is 12.2 Å². The fourth-order valence-electron chi connectivity index (χ4n) is 3.76. The second kappa shape index (κ2) is 5.38. The Balaban J connectivity index is 1.71. The van der Waals surface area contributed by atoms with Gasteiger partial charge in [-0.25, -0.2) is 0 Å². The number of carbonyl (C=O) groups is 2. The minimum Gasteiger partial charge on any atom is -0.342 e. The quantitative estimate of drug-likeness (QED) is 0.857. The third kappa shape index (κ3) is 2.57. The van der Waals surface area contributed by atoms with E-state index in [1.54, 1.807) is 0 Å². The third-order valence-electron chi connectivity index (χ3n) is 5.51. The van der Waals surface area contributed by atoms with Crippen LogP contribution in [0.1, 0.15) is 52.4 Å². The smallest absolute Gasteiger partial charge is 0.246 e. The van der Waals surface area contributed by atoms with Crippen molar-refractivity contribution in [2.45, 2.75) is 64.5 Å². The summed E-state index contributed by atoms with van der Waals surface area (Å²) in [5.41, 5.74) is 0. The van der Waals surface area contributed by atoms with E-state index >= 15 is 0 Å². The molecule has 20 heavy (non-hydrogen) atoms. The van der Waals surface area contributed by atoms with Gasteiger partial charge in [-0.2, -0.15) is 0 Å². The Hall–Kier alpha value is -1.06. The molecule has 2 amide bonds. The minimum absolute atomic E-state index is 0.0324. The lowest BCUT2D eigenvalue weighted by molar-refractivity contribution is -0.150. The van der Waals surface area contributed by atoms with Crippen LogP contribution in [0.5, 0.6) is 0 Å². The number of piperazine rings is 1. The van der Waals surface area contributed by atoms with Crippen molar-refractivity contribution in [1.82, 2.24) is 10.2 Å². The Kier molecular flexibility index (Phi) is 3.74. The number of nitrogens with zero attached hydrogens (tertiary/aromatic N) is 1. The standard InChI is InChI=1S/C16H26N2O2/c1-10-5-3-4-6-13(10)9-18-11(2)15(19)17-14(16(18)20)12-7-8-12/h10-14H,3-9H2,1-2H3,(H,17,19). The first kappa shape index (κ1) is 13.9. The van der Waals surface area contributed by atoms with Crippen molar-refractivity contribution in [3.05, 3.63) is 0 Å². The Bertz CT molecular complexity index is 405. The maximum Gasteiger partial charge on any atom is 0.246 e. The molecule has 1 N–H and O–H groups in total. The molecule has 3 rings (SSSR count). The van der Waals surface area contributed by atoms with Crippen LogP contribution in [0.25, 0.3) is 0 Å². The molecule has 0 bridgehead atoms. The Labute approximate surface area is 121 Å². The number of amides is 2. The highest BCUT2D eigenvalue weighted by Gasteiger charge is 2.46. The average Bonchev–Trinajstić information content (AvgIpc) is 3.25. The Morgan fingerprint density at radius 1 is 1.10 bits per heavy atom. The summed E-state index contributed by atoms with van der Waals surface area (Å²) in [5.74, 6) is 1.83. The lowest BCUT2D eigenvalue weighted by atomic mass is 9.80. The molecule has 4 atom stereocenters. The van der Waals surface area contributed by atoms with Crippen molar-refractivity contribution in [2.75, 3.05) is 6.54 Å². The van der Waals surface area contributed by atoms with Gasteiger partial charge in [0.2, 0.25) is 11.8 Å². The van der Waals surface area contributed by atoms with Crippen LogP contribution in [0.3, 0.4) is 0 Å². The summed E-state index contributed by atoms with van der Waals surface area (Å²) in [6, 6.07) is -0.538. The van der Waals surface area contributed by atoms with Crippen LogP contribution in [0, 0.1) is 17.8 Å². The second-order valence-corrected chi connectivity index (χ2v) is 7.01. The van der Waals surface area contributed by atoms with Gasteiger partial charge in [-0.05, 0) is 43.9 Å². The fourth-order valence-corrected chi connectivity index (χ4v) is 3.76. The molecule has 0 radical (unpaired) electrons. The molecule has 4 heteroatoms. The summed E-state index contributed by atoms with van der Waals surface area (Å²) in [7, 11) is 0. The molecule has 2 aliphatic carbocycles. The molecule has 0 aromatic heterocycles. The van der Waals surface area contributed by atoms with Crippen LogP contribution in [0.2, 0.25) is 0 Å². The number of hydrogen-bond donors (Lipinski definition) is 1. The summed E-state index contributed by atoms with van der Waals surface area (Å²) >= 11 is 0. The molecule has 0 aromatic carbocycles. The van der Waals surface area contributed by atoms with Crippen LogP contribution in [0.15, 0.2) is 0 Å². The van der Waals surface area contributed by atoms with Crippen LogP contribution in [-0.4, -0.2) is 35.3 Å². The SMILES string of the molecule is CC1CCCCC1CN1C(=O)C(C2CC2)NC(=O)C1C. The van der Waals surface area contributed by atoms with Crippen LogP contribution in [0.4, 0.5) is 0 Å². The molecule has 1 heterocycles. The van der Waals surface area contributed by atoms with Gasteiger partial charge in [0.15, 0.2) is 0 Å². The van der Waals surface area contributed by atoms with E-state index in [1.165, 1.54) is 25.7 Å². The number of nitrogens with one attached hydrogen (secondary N) is 1. The van der Waals surface area contributed by atoms with E-state index in [0.717, 1.165) is 19.4 Å². The predicted molar refractivity (Wildman–Crippen MR) is 77.0 cm³/mol. The van der Waals surface area contributed by atoms with Gasteiger partial charge >= 0.3 is 0 Å². The molecule has 1 aliphatic heterocycles. The van der Waals surface area contributed by atoms with Crippen molar-refractivity contribution in [3.8, 4) is 0 Å². The molecule has 112 valence electrons. The number of carbonyl (C=O) groups excluding carboxylic acids is 2. The van der Waals surface area contributed by atoms with Gasteiger partial charge in [-0.1, -0.05) is 26.2 Å². The molecule has 3 fully saturated rings. The molecule has 3 aliphatic rings. The normalized spacial score (nSPS) is 38.8. The van der Waals surface area contributed by atoms with Gasteiger partial charge in [0, 0.05) is 6.54 Å². The lowest BCUT2D eigenvalue weighted by Gasteiger charge is -2.41. The lowest BCUT2D eigenvalue weighted by Crippen LogP contribution is -2.64. The molecule has 0 aromatic rings. The minimum atomic E-state index is -0.299.